The number of carboxylic acids is 1. The molecule has 0 aliphatic carbocycles. The highest BCUT2D eigenvalue weighted by molar-refractivity contribution is 5.95. The molecule has 0 bridgehead atoms. The van der Waals surface area contributed by atoms with Gasteiger partial charge in [-0.05, 0) is 30.3 Å². The van der Waals surface area contributed by atoms with E-state index in [0.717, 1.165) is 11.3 Å². The summed E-state index contributed by atoms with van der Waals surface area (Å²) >= 11 is 0. The first-order valence-corrected chi connectivity index (χ1v) is 10.2. The Balaban J connectivity index is 0.000000364. The van der Waals surface area contributed by atoms with E-state index in [4.69, 9.17) is 28.6 Å². The van der Waals surface area contributed by atoms with Gasteiger partial charge in [0.2, 0.25) is 6.79 Å². The fraction of sp³-hybridized carbons (Fsp3) is 0.273. The van der Waals surface area contributed by atoms with Crippen LogP contribution in [0.15, 0.2) is 47.2 Å². The van der Waals surface area contributed by atoms with Crippen molar-refractivity contribution in [3.05, 3.63) is 65.3 Å². The molecular formula is C22H18F3N3O7. The molecular weight excluding hydrogens is 475 g/mol. The minimum Gasteiger partial charge on any atom is -0.486 e. The van der Waals surface area contributed by atoms with E-state index in [1.165, 1.54) is 0 Å². The van der Waals surface area contributed by atoms with Crippen molar-refractivity contribution in [3.63, 3.8) is 0 Å². The van der Waals surface area contributed by atoms with Crippen LogP contribution in [0.3, 0.4) is 0 Å². The molecule has 184 valence electrons. The average molecular weight is 493 g/mol. The van der Waals surface area contributed by atoms with E-state index < -0.39 is 12.1 Å². The summed E-state index contributed by atoms with van der Waals surface area (Å²) in [5.41, 5.74) is 2.17. The van der Waals surface area contributed by atoms with E-state index >= 15 is 0 Å². The molecule has 35 heavy (non-hydrogen) atoms. The lowest BCUT2D eigenvalue weighted by Gasteiger charge is -2.26. The van der Waals surface area contributed by atoms with E-state index in [-0.39, 0.29) is 19.3 Å². The fourth-order valence-corrected chi connectivity index (χ4v) is 3.35. The normalized spacial score (nSPS) is 14.0. The molecule has 1 aromatic carbocycles. The van der Waals surface area contributed by atoms with Gasteiger partial charge in [-0.2, -0.15) is 13.2 Å². The van der Waals surface area contributed by atoms with Gasteiger partial charge in [0.15, 0.2) is 11.5 Å². The van der Waals surface area contributed by atoms with E-state index in [1.807, 2.05) is 6.07 Å². The number of hydrogen-bond donors (Lipinski definition) is 1. The molecule has 0 atom stereocenters. The number of carbonyl (C=O) groups is 2. The third-order valence-corrected chi connectivity index (χ3v) is 5.07. The van der Waals surface area contributed by atoms with E-state index in [1.54, 1.807) is 41.6 Å². The van der Waals surface area contributed by atoms with Crippen molar-refractivity contribution in [3.8, 4) is 17.2 Å². The van der Waals surface area contributed by atoms with Crippen molar-refractivity contribution in [2.45, 2.75) is 25.7 Å². The first-order valence-electron chi connectivity index (χ1n) is 10.2. The third kappa shape index (κ3) is 5.62. The van der Waals surface area contributed by atoms with Crippen LogP contribution in [0, 0.1) is 0 Å². The quantitative estimate of drug-likeness (QED) is 0.583. The number of fused-ring (bicyclic) bond motifs is 2. The predicted octanol–water partition coefficient (Wildman–Crippen LogP) is 3.21. The third-order valence-electron chi connectivity index (χ3n) is 5.07. The molecule has 2 aromatic heterocycles. The number of aromatic nitrogens is 2. The van der Waals surface area contributed by atoms with Gasteiger partial charge in [0, 0.05) is 30.3 Å². The number of benzene rings is 1. The van der Waals surface area contributed by atoms with Gasteiger partial charge < -0.3 is 28.7 Å². The number of alkyl halides is 3. The van der Waals surface area contributed by atoms with E-state index in [2.05, 4.69) is 10.1 Å². The summed E-state index contributed by atoms with van der Waals surface area (Å²) < 4.78 is 53.6. The van der Waals surface area contributed by atoms with Crippen molar-refractivity contribution in [2.24, 2.45) is 0 Å². The molecule has 4 heterocycles. The van der Waals surface area contributed by atoms with Crippen molar-refractivity contribution in [1.82, 2.24) is 15.0 Å². The van der Waals surface area contributed by atoms with Crippen molar-refractivity contribution in [2.75, 3.05) is 13.3 Å². The molecule has 0 spiro atoms. The van der Waals surface area contributed by atoms with Gasteiger partial charge in [-0.3, -0.25) is 9.78 Å². The summed E-state index contributed by atoms with van der Waals surface area (Å²) in [5, 5.41) is 11.3. The van der Waals surface area contributed by atoms with E-state index in [0.29, 0.717) is 48.0 Å². The summed E-state index contributed by atoms with van der Waals surface area (Å²) in [6.45, 7) is 1.44. The van der Waals surface area contributed by atoms with Crippen LogP contribution in [0.4, 0.5) is 13.2 Å². The van der Waals surface area contributed by atoms with Crippen LogP contribution in [0.5, 0.6) is 17.2 Å². The van der Waals surface area contributed by atoms with Crippen LogP contribution in [0.2, 0.25) is 0 Å². The average Bonchev–Trinajstić information content (AvgIpc) is 3.48. The second-order valence-electron chi connectivity index (χ2n) is 7.36. The largest absolute Gasteiger partial charge is 0.490 e. The number of amides is 1. The zero-order valence-corrected chi connectivity index (χ0v) is 17.9. The second kappa shape index (κ2) is 9.91. The molecule has 13 heteroatoms. The summed E-state index contributed by atoms with van der Waals surface area (Å²) in [4.78, 5) is 27.7. The van der Waals surface area contributed by atoms with Gasteiger partial charge in [-0.15, -0.1) is 0 Å². The Bertz CT molecular complexity index is 1210. The second-order valence-corrected chi connectivity index (χ2v) is 7.36. The van der Waals surface area contributed by atoms with Gasteiger partial charge in [-0.25, -0.2) is 4.79 Å². The first-order chi connectivity index (χ1) is 16.7. The van der Waals surface area contributed by atoms with Crippen molar-refractivity contribution < 1.29 is 46.6 Å². The Hall–Kier alpha value is -4.29. The molecule has 0 saturated heterocycles. The summed E-state index contributed by atoms with van der Waals surface area (Å²) in [5.74, 6) is -0.106. The molecule has 2 aliphatic heterocycles. The molecule has 0 saturated carbocycles. The zero-order chi connectivity index (χ0) is 25.0. The molecule has 1 N–H and O–H groups in total. The Morgan fingerprint density at radius 1 is 1.17 bits per heavy atom. The Morgan fingerprint density at radius 3 is 2.66 bits per heavy atom. The molecule has 2 aliphatic rings. The highest BCUT2D eigenvalue weighted by atomic mass is 19.4. The lowest BCUT2D eigenvalue weighted by atomic mass is 10.0. The Kier molecular flexibility index (Phi) is 6.75. The predicted molar refractivity (Wildman–Crippen MR) is 110 cm³/mol. The summed E-state index contributed by atoms with van der Waals surface area (Å²) in [6, 6.07) is 8.87. The number of halogens is 3. The molecule has 5 rings (SSSR count). The number of pyridine rings is 1. The van der Waals surface area contributed by atoms with Gasteiger partial charge in [0.05, 0.1) is 12.7 Å². The van der Waals surface area contributed by atoms with Crippen LogP contribution >= 0.6 is 0 Å². The SMILES string of the molecule is O=C(O)C(F)(F)F.O=C(c1ccc2c(c1)OCO2)N1CCc2onc(COc3cccnc3)c2C1. The molecule has 10 nitrogen and oxygen atoms in total. The van der Waals surface area contributed by atoms with Crippen molar-refractivity contribution >= 4 is 11.9 Å². The highest BCUT2D eigenvalue weighted by Gasteiger charge is 2.38. The van der Waals surface area contributed by atoms with Gasteiger partial charge in [0.1, 0.15) is 23.8 Å². The van der Waals surface area contributed by atoms with Crippen LogP contribution in [0.25, 0.3) is 0 Å². The number of hydrogen-bond acceptors (Lipinski definition) is 8. The number of aliphatic carboxylic acids is 1. The van der Waals surface area contributed by atoms with Gasteiger partial charge >= 0.3 is 12.1 Å². The maximum Gasteiger partial charge on any atom is 0.490 e. The number of ether oxygens (including phenoxy) is 3. The van der Waals surface area contributed by atoms with Gasteiger partial charge in [-0.1, -0.05) is 5.16 Å². The zero-order valence-electron chi connectivity index (χ0n) is 17.9. The maximum absolute atomic E-state index is 13.0. The first kappa shape index (κ1) is 23.9. The summed E-state index contributed by atoms with van der Waals surface area (Å²) in [6.07, 6.45) is -1.14. The van der Waals surface area contributed by atoms with Crippen molar-refractivity contribution in [1.29, 1.82) is 0 Å². The van der Waals surface area contributed by atoms with E-state index in [9.17, 15) is 18.0 Å². The minimum atomic E-state index is -5.08. The monoisotopic (exact) mass is 493 g/mol. The lowest BCUT2D eigenvalue weighted by molar-refractivity contribution is -0.192. The van der Waals surface area contributed by atoms with Crippen LogP contribution in [0.1, 0.15) is 27.4 Å². The summed E-state index contributed by atoms with van der Waals surface area (Å²) in [7, 11) is 0. The van der Waals surface area contributed by atoms with Gasteiger partial charge in [0.25, 0.3) is 5.91 Å². The Morgan fingerprint density at radius 2 is 1.94 bits per heavy atom. The van der Waals surface area contributed by atoms with Crippen LogP contribution in [-0.2, 0) is 24.4 Å². The number of carbonyl (C=O) groups excluding carboxylic acids is 1. The Labute approximate surface area is 195 Å². The highest BCUT2D eigenvalue weighted by Crippen LogP contribution is 2.33. The molecule has 0 fully saturated rings. The number of nitrogens with zero attached hydrogens (tertiary/aromatic N) is 3. The minimum absolute atomic E-state index is 0.0655. The molecule has 0 radical (unpaired) electrons. The fourth-order valence-electron chi connectivity index (χ4n) is 3.35. The topological polar surface area (TPSA) is 124 Å². The molecule has 0 unspecified atom stereocenters. The maximum atomic E-state index is 13.0. The smallest absolute Gasteiger partial charge is 0.486 e. The lowest BCUT2D eigenvalue weighted by Crippen LogP contribution is -2.36. The van der Waals surface area contributed by atoms with Crippen LogP contribution in [-0.4, -0.2) is 51.5 Å². The number of carboxylic acid groups (broad SMARTS) is 1. The molecule has 1 amide bonds. The standard InChI is InChI=1S/C20H17N3O5.C2HF3O2/c24-20(13-3-4-18-19(8-13)27-12-26-18)23-7-5-17-15(10-23)16(22-28-17)11-25-14-2-1-6-21-9-14;3-2(4,5)1(6)7/h1-4,6,8-9H,5,7,10-12H2;(H,6,7). The number of rotatable bonds is 4. The molecule has 3 aromatic rings. The van der Waals surface area contributed by atoms with Crippen LogP contribution < -0.4 is 14.2 Å².